The van der Waals surface area contributed by atoms with Gasteiger partial charge in [-0.15, -0.1) is 0 Å². The predicted octanol–water partition coefficient (Wildman–Crippen LogP) is 4.71. The molecule has 2 aromatic rings. The highest BCUT2D eigenvalue weighted by molar-refractivity contribution is 6.31. The van der Waals surface area contributed by atoms with E-state index < -0.39 is 0 Å². The van der Waals surface area contributed by atoms with Gasteiger partial charge in [-0.2, -0.15) is 0 Å². The van der Waals surface area contributed by atoms with Gasteiger partial charge in [-0.1, -0.05) is 23.7 Å². The Kier molecular flexibility index (Phi) is 4.46. The standard InChI is InChI=1S/C17H19ClFN/c1-10-7-13(5-6-15(10)18)17(20-4)16-11(2)8-14(19)9-12(16)3/h5-9,17,20H,1-4H3. The molecule has 0 aromatic heterocycles. The minimum absolute atomic E-state index is 0.0339. The Morgan fingerprint density at radius 1 is 1.00 bits per heavy atom. The molecule has 2 aromatic carbocycles. The van der Waals surface area contributed by atoms with Gasteiger partial charge in [0.05, 0.1) is 6.04 Å². The molecular weight excluding hydrogens is 273 g/mol. The molecule has 20 heavy (non-hydrogen) atoms. The van der Waals surface area contributed by atoms with Gasteiger partial charge in [0.25, 0.3) is 0 Å². The summed E-state index contributed by atoms with van der Waals surface area (Å²) in [4.78, 5) is 0. The largest absolute Gasteiger partial charge is 0.309 e. The molecule has 0 amide bonds. The number of rotatable bonds is 3. The van der Waals surface area contributed by atoms with Crippen LogP contribution in [-0.2, 0) is 0 Å². The SMILES string of the molecule is CNC(c1ccc(Cl)c(C)c1)c1c(C)cc(F)cc1C. The molecule has 0 radical (unpaired) electrons. The predicted molar refractivity (Wildman–Crippen MR) is 83.0 cm³/mol. The molecule has 0 saturated carbocycles. The monoisotopic (exact) mass is 291 g/mol. The summed E-state index contributed by atoms with van der Waals surface area (Å²) in [5.41, 5.74) is 5.20. The molecule has 0 spiro atoms. The highest BCUT2D eigenvalue weighted by atomic mass is 35.5. The van der Waals surface area contributed by atoms with Crippen molar-refractivity contribution in [2.45, 2.75) is 26.8 Å². The Morgan fingerprint density at radius 2 is 1.60 bits per heavy atom. The number of halogens is 2. The molecule has 0 aliphatic rings. The van der Waals surface area contributed by atoms with Crippen LogP contribution < -0.4 is 5.32 Å². The van der Waals surface area contributed by atoms with Crippen LogP contribution in [0.1, 0.15) is 33.9 Å². The fraction of sp³-hybridized carbons (Fsp3) is 0.294. The van der Waals surface area contributed by atoms with Crippen LogP contribution in [0.15, 0.2) is 30.3 Å². The van der Waals surface area contributed by atoms with E-state index in [1.807, 2.05) is 40.0 Å². The summed E-state index contributed by atoms with van der Waals surface area (Å²) in [5, 5.41) is 4.08. The van der Waals surface area contributed by atoms with Gasteiger partial charge in [0.1, 0.15) is 5.82 Å². The summed E-state index contributed by atoms with van der Waals surface area (Å²) in [6.07, 6.45) is 0. The normalized spacial score (nSPS) is 12.5. The van der Waals surface area contributed by atoms with Gasteiger partial charge in [-0.3, -0.25) is 0 Å². The number of aryl methyl sites for hydroxylation is 3. The second kappa shape index (κ2) is 5.94. The van der Waals surface area contributed by atoms with Crippen molar-refractivity contribution in [3.05, 3.63) is 69.0 Å². The van der Waals surface area contributed by atoms with Crippen molar-refractivity contribution in [3.8, 4) is 0 Å². The van der Waals surface area contributed by atoms with Gasteiger partial charge in [0.2, 0.25) is 0 Å². The molecular formula is C17H19ClFN. The van der Waals surface area contributed by atoms with Gasteiger partial charge in [0, 0.05) is 5.02 Å². The fourth-order valence-corrected chi connectivity index (χ4v) is 2.82. The first-order valence-corrected chi connectivity index (χ1v) is 7.01. The van der Waals surface area contributed by atoms with Crippen LogP contribution in [0.4, 0.5) is 4.39 Å². The highest BCUT2D eigenvalue weighted by Gasteiger charge is 2.18. The summed E-state index contributed by atoms with van der Waals surface area (Å²) < 4.78 is 13.5. The molecule has 106 valence electrons. The maximum Gasteiger partial charge on any atom is 0.123 e. The van der Waals surface area contributed by atoms with E-state index in [1.165, 1.54) is 0 Å². The Balaban J connectivity index is 2.55. The number of hydrogen-bond acceptors (Lipinski definition) is 1. The molecule has 0 aliphatic heterocycles. The summed E-state index contributed by atoms with van der Waals surface area (Å²) in [7, 11) is 1.91. The van der Waals surface area contributed by atoms with Crippen molar-refractivity contribution < 1.29 is 4.39 Å². The molecule has 0 fully saturated rings. The third kappa shape index (κ3) is 2.87. The molecule has 1 nitrogen and oxygen atoms in total. The van der Waals surface area contributed by atoms with Crippen LogP contribution in [0.5, 0.6) is 0 Å². The fourth-order valence-electron chi connectivity index (χ4n) is 2.70. The van der Waals surface area contributed by atoms with E-state index in [4.69, 9.17) is 11.6 Å². The topological polar surface area (TPSA) is 12.0 Å². The first-order chi connectivity index (χ1) is 9.43. The van der Waals surface area contributed by atoms with Crippen LogP contribution in [0.25, 0.3) is 0 Å². The van der Waals surface area contributed by atoms with Gasteiger partial charge in [-0.05, 0) is 73.8 Å². The molecule has 0 bridgehead atoms. The van der Waals surface area contributed by atoms with E-state index in [2.05, 4.69) is 11.4 Å². The number of nitrogens with one attached hydrogen (secondary N) is 1. The molecule has 1 atom stereocenters. The molecule has 0 heterocycles. The lowest BCUT2D eigenvalue weighted by Gasteiger charge is -2.22. The van der Waals surface area contributed by atoms with E-state index >= 15 is 0 Å². The molecule has 2 rings (SSSR count). The van der Waals surface area contributed by atoms with Crippen LogP contribution >= 0.6 is 11.6 Å². The maximum atomic E-state index is 13.5. The Morgan fingerprint density at radius 3 is 2.10 bits per heavy atom. The Labute approximate surface area is 124 Å². The number of benzene rings is 2. The van der Waals surface area contributed by atoms with Crippen molar-refractivity contribution >= 4 is 11.6 Å². The molecule has 1 unspecified atom stereocenters. The minimum atomic E-state index is -0.189. The average molecular weight is 292 g/mol. The summed E-state index contributed by atoms with van der Waals surface area (Å²) in [5.74, 6) is -0.189. The zero-order valence-electron chi connectivity index (χ0n) is 12.2. The number of hydrogen-bond donors (Lipinski definition) is 1. The third-order valence-corrected chi connectivity index (χ3v) is 4.08. The van der Waals surface area contributed by atoms with Crippen LogP contribution in [-0.4, -0.2) is 7.05 Å². The van der Waals surface area contributed by atoms with Crippen molar-refractivity contribution in [2.24, 2.45) is 0 Å². The Hall–Kier alpha value is -1.38. The zero-order valence-corrected chi connectivity index (χ0v) is 13.0. The van der Waals surface area contributed by atoms with Crippen molar-refractivity contribution in [2.75, 3.05) is 7.05 Å². The van der Waals surface area contributed by atoms with E-state index in [1.54, 1.807) is 12.1 Å². The smallest absolute Gasteiger partial charge is 0.123 e. The van der Waals surface area contributed by atoms with Gasteiger partial charge >= 0.3 is 0 Å². The molecule has 0 aliphatic carbocycles. The Bertz CT molecular complexity index is 614. The van der Waals surface area contributed by atoms with Crippen molar-refractivity contribution in [1.82, 2.24) is 5.32 Å². The average Bonchev–Trinajstić information content (AvgIpc) is 2.37. The minimum Gasteiger partial charge on any atom is -0.309 e. The van der Waals surface area contributed by atoms with Crippen molar-refractivity contribution in [3.63, 3.8) is 0 Å². The second-order valence-corrected chi connectivity index (χ2v) is 5.59. The summed E-state index contributed by atoms with van der Waals surface area (Å²) >= 11 is 6.09. The quantitative estimate of drug-likeness (QED) is 0.863. The summed E-state index contributed by atoms with van der Waals surface area (Å²) in [6, 6.07) is 9.19. The maximum absolute atomic E-state index is 13.5. The van der Waals surface area contributed by atoms with E-state index in [-0.39, 0.29) is 11.9 Å². The van der Waals surface area contributed by atoms with Crippen LogP contribution in [0, 0.1) is 26.6 Å². The first-order valence-electron chi connectivity index (χ1n) is 6.64. The third-order valence-electron chi connectivity index (χ3n) is 3.65. The van der Waals surface area contributed by atoms with E-state index in [0.29, 0.717) is 0 Å². The van der Waals surface area contributed by atoms with Crippen LogP contribution in [0.3, 0.4) is 0 Å². The summed E-state index contributed by atoms with van der Waals surface area (Å²) in [6.45, 7) is 5.87. The second-order valence-electron chi connectivity index (χ2n) is 5.18. The molecule has 1 N–H and O–H groups in total. The van der Waals surface area contributed by atoms with Crippen molar-refractivity contribution in [1.29, 1.82) is 0 Å². The van der Waals surface area contributed by atoms with Gasteiger partial charge < -0.3 is 5.32 Å². The van der Waals surface area contributed by atoms with Crippen LogP contribution in [0.2, 0.25) is 5.02 Å². The highest BCUT2D eigenvalue weighted by Crippen LogP contribution is 2.30. The van der Waals surface area contributed by atoms with E-state index in [9.17, 15) is 4.39 Å². The van der Waals surface area contributed by atoms with E-state index in [0.717, 1.165) is 32.8 Å². The van der Waals surface area contributed by atoms with Gasteiger partial charge in [-0.25, -0.2) is 4.39 Å². The first kappa shape index (κ1) is 15.0. The molecule has 3 heteroatoms. The lowest BCUT2D eigenvalue weighted by atomic mass is 9.90. The zero-order chi connectivity index (χ0) is 14.9. The molecule has 0 saturated heterocycles. The lowest BCUT2D eigenvalue weighted by molar-refractivity contribution is 0.618. The van der Waals surface area contributed by atoms with Gasteiger partial charge in [0.15, 0.2) is 0 Å². The lowest BCUT2D eigenvalue weighted by Crippen LogP contribution is -2.20.